The highest BCUT2D eigenvalue weighted by molar-refractivity contribution is 5.35. The van der Waals surface area contributed by atoms with Crippen molar-refractivity contribution in [3.8, 4) is 5.75 Å². The Kier molecular flexibility index (Phi) is 1.81. The monoisotopic (exact) mass is 178 g/mol. The fraction of sp³-hybridized carbons (Fsp3) is 0.455. The molecule has 13 heavy (non-hydrogen) atoms. The maximum atomic E-state index is 9.31. The Morgan fingerprint density at radius 2 is 2.00 bits per heavy atom. The standard InChI is InChI=1S/C11H15NO/c1-12(2)6-5-9-7-11(13)4-3-10(9)8-12/h3-4,7H,5-6,8H2,1-2H3/p+1. The fourth-order valence-corrected chi connectivity index (χ4v) is 1.96. The van der Waals surface area contributed by atoms with E-state index in [1.54, 1.807) is 6.07 Å². The van der Waals surface area contributed by atoms with Gasteiger partial charge in [-0.1, -0.05) is 0 Å². The van der Waals surface area contributed by atoms with Gasteiger partial charge >= 0.3 is 0 Å². The summed E-state index contributed by atoms with van der Waals surface area (Å²) in [6.07, 6.45) is 1.08. The van der Waals surface area contributed by atoms with Crippen molar-refractivity contribution in [1.82, 2.24) is 0 Å². The SMILES string of the molecule is C[N+]1(C)CCc2cc(O)ccc2C1. The second-order valence-electron chi connectivity index (χ2n) is 4.52. The van der Waals surface area contributed by atoms with Crippen molar-refractivity contribution in [2.24, 2.45) is 0 Å². The molecule has 1 aromatic rings. The minimum Gasteiger partial charge on any atom is -0.508 e. The number of rotatable bonds is 0. The van der Waals surface area contributed by atoms with Crippen molar-refractivity contribution >= 4 is 0 Å². The van der Waals surface area contributed by atoms with E-state index in [4.69, 9.17) is 0 Å². The predicted octanol–water partition coefficient (Wildman–Crippen LogP) is 1.52. The Hall–Kier alpha value is -1.02. The van der Waals surface area contributed by atoms with Gasteiger partial charge in [-0.05, 0) is 23.8 Å². The first-order valence-corrected chi connectivity index (χ1v) is 4.70. The Morgan fingerprint density at radius 1 is 1.23 bits per heavy atom. The molecule has 70 valence electrons. The van der Waals surface area contributed by atoms with E-state index >= 15 is 0 Å². The van der Waals surface area contributed by atoms with Crippen LogP contribution in [0.1, 0.15) is 11.1 Å². The largest absolute Gasteiger partial charge is 0.508 e. The van der Waals surface area contributed by atoms with Crippen LogP contribution in [0.2, 0.25) is 0 Å². The second-order valence-corrected chi connectivity index (χ2v) is 4.52. The number of aromatic hydroxyl groups is 1. The van der Waals surface area contributed by atoms with Gasteiger partial charge in [0.1, 0.15) is 12.3 Å². The van der Waals surface area contributed by atoms with Crippen molar-refractivity contribution in [2.45, 2.75) is 13.0 Å². The first kappa shape index (κ1) is 8.57. The lowest BCUT2D eigenvalue weighted by Crippen LogP contribution is -2.43. The number of phenolic OH excluding ortho intramolecular Hbond substituents is 1. The molecule has 0 amide bonds. The molecule has 1 aliphatic heterocycles. The van der Waals surface area contributed by atoms with Gasteiger partial charge in [0, 0.05) is 12.0 Å². The second kappa shape index (κ2) is 2.74. The zero-order valence-corrected chi connectivity index (χ0v) is 8.25. The molecule has 2 rings (SSSR count). The Labute approximate surface area is 79.0 Å². The lowest BCUT2D eigenvalue weighted by molar-refractivity contribution is -0.905. The molecule has 1 aliphatic rings. The van der Waals surface area contributed by atoms with E-state index in [0.717, 1.165) is 24.0 Å². The molecule has 0 aliphatic carbocycles. The Balaban J connectivity index is 2.37. The molecule has 0 saturated carbocycles. The zero-order chi connectivity index (χ0) is 9.47. The first-order chi connectivity index (χ1) is 6.07. The van der Waals surface area contributed by atoms with Crippen LogP contribution in [0.5, 0.6) is 5.75 Å². The third-order valence-corrected chi connectivity index (χ3v) is 2.77. The number of phenols is 1. The summed E-state index contributed by atoms with van der Waals surface area (Å²) in [5, 5.41) is 9.31. The maximum Gasteiger partial charge on any atom is 0.115 e. The molecule has 0 spiro atoms. The highest BCUT2D eigenvalue weighted by Crippen LogP contribution is 2.24. The van der Waals surface area contributed by atoms with Gasteiger partial charge in [-0.2, -0.15) is 0 Å². The Bertz CT molecular complexity index is 331. The summed E-state index contributed by atoms with van der Waals surface area (Å²) in [6, 6.07) is 5.72. The van der Waals surface area contributed by atoms with Crippen LogP contribution in [0.3, 0.4) is 0 Å². The van der Waals surface area contributed by atoms with Gasteiger partial charge in [0.25, 0.3) is 0 Å². The number of hydrogen-bond acceptors (Lipinski definition) is 1. The summed E-state index contributed by atoms with van der Waals surface area (Å²) in [5.74, 6) is 0.394. The number of hydrogen-bond donors (Lipinski definition) is 1. The molecule has 0 aromatic heterocycles. The zero-order valence-electron chi connectivity index (χ0n) is 8.25. The van der Waals surface area contributed by atoms with Gasteiger partial charge in [-0.25, -0.2) is 0 Å². The number of fused-ring (bicyclic) bond motifs is 1. The molecule has 1 N–H and O–H groups in total. The third kappa shape index (κ3) is 1.68. The molecule has 0 bridgehead atoms. The van der Waals surface area contributed by atoms with Crippen molar-refractivity contribution < 1.29 is 9.59 Å². The van der Waals surface area contributed by atoms with Gasteiger partial charge in [0.15, 0.2) is 0 Å². The minimum absolute atomic E-state index is 0.394. The van der Waals surface area contributed by atoms with Gasteiger partial charge in [-0.15, -0.1) is 0 Å². The quantitative estimate of drug-likeness (QED) is 0.597. The summed E-state index contributed by atoms with van der Waals surface area (Å²) in [7, 11) is 4.49. The molecule has 0 fully saturated rings. The van der Waals surface area contributed by atoms with Gasteiger partial charge in [0.05, 0.1) is 20.6 Å². The van der Waals surface area contributed by atoms with Crippen LogP contribution in [-0.4, -0.2) is 30.2 Å². The van der Waals surface area contributed by atoms with Gasteiger partial charge in [0.2, 0.25) is 0 Å². The molecule has 2 heteroatoms. The van der Waals surface area contributed by atoms with Crippen molar-refractivity contribution in [1.29, 1.82) is 0 Å². The molecular formula is C11H16NO+. The van der Waals surface area contributed by atoms with Crippen LogP contribution >= 0.6 is 0 Å². The van der Waals surface area contributed by atoms with Gasteiger partial charge in [-0.3, -0.25) is 0 Å². The van der Waals surface area contributed by atoms with E-state index in [-0.39, 0.29) is 0 Å². The first-order valence-electron chi connectivity index (χ1n) is 4.70. The van der Waals surface area contributed by atoms with E-state index in [1.165, 1.54) is 11.1 Å². The van der Waals surface area contributed by atoms with E-state index in [1.807, 2.05) is 12.1 Å². The molecular weight excluding hydrogens is 162 g/mol. The summed E-state index contributed by atoms with van der Waals surface area (Å²) < 4.78 is 1.05. The normalized spacial score (nSPS) is 19.5. The average Bonchev–Trinajstić information content (AvgIpc) is 2.05. The van der Waals surface area contributed by atoms with Crippen LogP contribution in [0, 0.1) is 0 Å². The van der Waals surface area contributed by atoms with Crippen LogP contribution in [0.4, 0.5) is 0 Å². The fourth-order valence-electron chi connectivity index (χ4n) is 1.96. The lowest BCUT2D eigenvalue weighted by Gasteiger charge is -2.34. The lowest BCUT2D eigenvalue weighted by atomic mass is 9.98. The number of quaternary nitrogens is 1. The smallest absolute Gasteiger partial charge is 0.115 e. The number of benzene rings is 1. The highest BCUT2D eigenvalue weighted by Gasteiger charge is 2.23. The molecule has 0 saturated heterocycles. The van der Waals surface area contributed by atoms with Crippen molar-refractivity contribution in [2.75, 3.05) is 20.6 Å². The van der Waals surface area contributed by atoms with Crippen LogP contribution in [0.15, 0.2) is 18.2 Å². The van der Waals surface area contributed by atoms with Crippen molar-refractivity contribution in [3.05, 3.63) is 29.3 Å². The predicted molar refractivity (Wildman–Crippen MR) is 52.5 cm³/mol. The maximum absolute atomic E-state index is 9.31. The van der Waals surface area contributed by atoms with Crippen molar-refractivity contribution in [3.63, 3.8) is 0 Å². The van der Waals surface area contributed by atoms with Gasteiger partial charge < -0.3 is 9.59 Å². The van der Waals surface area contributed by atoms with E-state index in [0.29, 0.717) is 5.75 Å². The van der Waals surface area contributed by atoms with E-state index < -0.39 is 0 Å². The summed E-state index contributed by atoms with van der Waals surface area (Å²) >= 11 is 0. The van der Waals surface area contributed by atoms with Crippen LogP contribution in [-0.2, 0) is 13.0 Å². The van der Waals surface area contributed by atoms with E-state index in [2.05, 4.69) is 14.1 Å². The van der Waals surface area contributed by atoms with E-state index in [9.17, 15) is 5.11 Å². The summed E-state index contributed by atoms with van der Waals surface area (Å²) in [6.45, 7) is 2.24. The average molecular weight is 178 g/mol. The molecule has 2 nitrogen and oxygen atoms in total. The molecule has 0 radical (unpaired) electrons. The number of nitrogens with zero attached hydrogens (tertiary/aromatic N) is 1. The summed E-state index contributed by atoms with van der Waals surface area (Å²) in [4.78, 5) is 0. The highest BCUT2D eigenvalue weighted by atomic mass is 16.3. The Morgan fingerprint density at radius 3 is 2.77 bits per heavy atom. The summed E-state index contributed by atoms with van der Waals surface area (Å²) in [5.41, 5.74) is 2.70. The topological polar surface area (TPSA) is 20.2 Å². The van der Waals surface area contributed by atoms with Crippen LogP contribution < -0.4 is 0 Å². The van der Waals surface area contributed by atoms with Crippen LogP contribution in [0.25, 0.3) is 0 Å². The molecule has 1 aromatic carbocycles. The molecule has 0 unspecified atom stereocenters. The minimum atomic E-state index is 0.394. The third-order valence-electron chi connectivity index (χ3n) is 2.77. The number of likely N-dealkylation sites (N-methyl/N-ethyl adjacent to an activating group) is 1. The molecule has 0 atom stereocenters. The molecule has 1 heterocycles.